The molecule has 0 radical (unpaired) electrons. The zero-order valence-corrected chi connectivity index (χ0v) is 14.1. The molecular weight excluding hydrogens is 320 g/mol. The highest BCUT2D eigenvalue weighted by atomic mass is 16.3. The summed E-state index contributed by atoms with van der Waals surface area (Å²) in [5, 5.41) is 22.0. The highest BCUT2D eigenvalue weighted by Crippen LogP contribution is 2.48. The summed E-state index contributed by atoms with van der Waals surface area (Å²) in [5.41, 5.74) is 4.42. The third-order valence-electron chi connectivity index (χ3n) is 4.50. The van der Waals surface area contributed by atoms with E-state index >= 15 is 0 Å². The van der Waals surface area contributed by atoms with Crippen LogP contribution in [0.1, 0.15) is 0 Å². The van der Waals surface area contributed by atoms with Crippen LogP contribution in [-0.4, -0.2) is 10.2 Å². The Labute approximate surface area is 152 Å². The van der Waals surface area contributed by atoms with Gasteiger partial charge in [-0.25, -0.2) is 0 Å². The number of phenolic OH excluding ortho intramolecular Hbond substituents is 2. The van der Waals surface area contributed by atoms with E-state index in [4.69, 9.17) is 0 Å². The van der Waals surface area contributed by atoms with Crippen LogP contribution in [0.4, 0.5) is 0 Å². The van der Waals surface area contributed by atoms with Crippen molar-refractivity contribution in [3.8, 4) is 44.9 Å². The molecule has 4 aromatic carbocycles. The van der Waals surface area contributed by atoms with E-state index in [9.17, 15) is 10.2 Å². The number of hydrogen-bond donors (Lipinski definition) is 2. The average molecular weight is 338 g/mol. The first-order valence-electron chi connectivity index (χ1n) is 8.51. The molecule has 26 heavy (non-hydrogen) atoms. The van der Waals surface area contributed by atoms with E-state index in [1.807, 2.05) is 97.1 Å². The summed E-state index contributed by atoms with van der Waals surface area (Å²) in [6.45, 7) is 0. The Balaban J connectivity index is 2.05. The topological polar surface area (TPSA) is 40.5 Å². The molecule has 0 aliphatic rings. The van der Waals surface area contributed by atoms with Gasteiger partial charge >= 0.3 is 0 Å². The van der Waals surface area contributed by atoms with Crippen LogP contribution in [0.2, 0.25) is 0 Å². The molecule has 0 bridgehead atoms. The fraction of sp³-hybridized carbons (Fsp3) is 0. The van der Waals surface area contributed by atoms with Gasteiger partial charge in [0.05, 0.1) is 5.56 Å². The number of aromatic hydroxyl groups is 2. The third kappa shape index (κ3) is 2.82. The summed E-state index contributed by atoms with van der Waals surface area (Å²) in [7, 11) is 0. The molecule has 0 atom stereocenters. The van der Waals surface area contributed by atoms with Gasteiger partial charge in [0.2, 0.25) is 0 Å². The van der Waals surface area contributed by atoms with E-state index in [0.29, 0.717) is 16.7 Å². The Hall–Kier alpha value is -3.52. The normalized spacial score (nSPS) is 10.6. The van der Waals surface area contributed by atoms with Gasteiger partial charge in [-0.05, 0) is 22.8 Å². The first-order chi connectivity index (χ1) is 12.8. The molecule has 0 unspecified atom stereocenters. The molecule has 126 valence electrons. The lowest BCUT2D eigenvalue weighted by Gasteiger charge is -2.17. The van der Waals surface area contributed by atoms with Gasteiger partial charge in [-0.15, -0.1) is 0 Å². The third-order valence-corrected chi connectivity index (χ3v) is 4.50. The Kier molecular flexibility index (Phi) is 4.16. The molecule has 2 heteroatoms. The molecule has 0 saturated heterocycles. The predicted octanol–water partition coefficient (Wildman–Crippen LogP) is 6.10. The van der Waals surface area contributed by atoms with Crippen molar-refractivity contribution in [1.82, 2.24) is 0 Å². The minimum absolute atomic E-state index is 0.0829. The maximum atomic E-state index is 11.0. The molecule has 0 aromatic heterocycles. The summed E-state index contributed by atoms with van der Waals surface area (Å²) < 4.78 is 0. The van der Waals surface area contributed by atoms with Gasteiger partial charge in [0, 0.05) is 11.1 Å². The van der Waals surface area contributed by atoms with Crippen LogP contribution in [0, 0.1) is 0 Å². The van der Waals surface area contributed by atoms with Gasteiger partial charge in [0.25, 0.3) is 0 Å². The van der Waals surface area contributed by atoms with Crippen molar-refractivity contribution < 1.29 is 10.2 Å². The van der Waals surface area contributed by atoms with Crippen LogP contribution in [0.15, 0.2) is 97.1 Å². The largest absolute Gasteiger partial charge is 0.507 e. The fourth-order valence-electron chi connectivity index (χ4n) is 3.22. The minimum atomic E-state index is 0.0829. The second-order valence-electron chi connectivity index (χ2n) is 6.14. The van der Waals surface area contributed by atoms with Crippen LogP contribution in [0.25, 0.3) is 33.4 Å². The summed E-state index contributed by atoms with van der Waals surface area (Å²) in [4.78, 5) is 0. The Morgan fingerprint density at radius 1 is 0.423 bits per heavy atom. The number of rotatable bonds is 3. The molecule has 4 aromatic rings. The van der Waals surface area contributed by atoms with Gasteiger partial charge in [-0.1, -0.05) is 91.0 Å². The Morgan fingerprint density at radius 3 is 1.15 bits per heavy atom. The summed E-state index contributed by atoms with van der Waals surface area (Å²) in [5.74, 6) is 0.166. The lowest BCUT2D eigenvalue weighted by molar-refractivity contribution is 0.457. The summed E-state index contributed by atoms with van der Waals surface area (Å²) >= 11 is 0. The molecule has 0 aliphatic carbocycles. The van der Waals surface area contributed by atoms with Crippen molar-refractivity contribution in [2.24, 2.45) is 0 Å². The summed E-state index contributed by atoms with van der Waals surface area (Å²) in [6, 6.07) is 30.8. The van der Waals surface area contributed by atoms with Gasteiger partial charge in [0.1, 0.15) is 11.5 Å². The smallest absolute Gasteiger partial charge is 0.134 e. The maximum absolute atomic E-state index is 11.0. The quantitative estimate of drug-likeness (QED) is 0.474. The van der Waals surface area contributed by atoms with Gasteiger partial charge in [-0.2, -0.15) is 0 Å². The van der Waals surface area contributed by atoms with E-state index in [1.54, 1.807) is 0 Å². The molecule has 0 fully saturated rings. The first-order valence-corrected chi connectivity index (χ1v) is 8.51. The van der Waals surface area contributed by atoms with Gasteiger partial charge in [-0.3, -0.25) is 0 Å². The number of benzene rings is 4. The van der Waals surface area contributed by atoms with Crippen LogP contribution < -0.4 is 0 Å². The molecule has 0 aliphatic heterocycles. The second-order valence-corrected chi connectivity index (χ2v) is 6.14. The first kappa shape index (κ1) is 16.0. The molecule has 0 heterocycles. The molecular formula is C24H18O2. The van der Waals surface area contributed by atoms with Crippen molar-refractivity contribution in [3.63, 3.8) is 0 Å². The highest BCUT2D eigenvalue weighted by molar-refractivity contribution is 5.93. The maximum Gasteiger partial charge on any atom is 0.134 e. The van der Waals surface area contributed by atoms with Crippen LogP contribution >= 0.6 is 0 Å². The van der Waals surface area contributed by atoms with E-state index in [2.05, 4.69) is 0 Å². The van der Waals surface area contributed by atoms with Crippen LogP contribution in [0.3, 0.4) is 0 Å². The molecule has 0 amide bonds. The number of hydrogen-bond acceptors (Lipinski definition) is 2. The molecule has 0 saturated carbocycles. The van der Waals surface area contributed by atoms with Crippen molar-refractivity contribution >= 4 is 0 Å². The zero-order valence-electron chi connectivity index (χ0n) is 14.1. The fourth-order valence-corrected chi connectivity index (χ4v) is 3.22. The minimum Gasteiger partial charge on any atom is -0.507 e. The monoisotopic (exact) mass is 338 g/mol. The van der Waals surface area contributed by atoms with E-state index in [1.165, 1.54) is 0 Å². The summed E-state index contributed by atoms with van der Waals surface area (Å²) in [6.07, 6.45) is 0. The number of phenols is 2. The molecule has 2 N–H and O–H groups in total. The lowest BCUT2D eigenvalue weighted by atomic mass is 9.91. The lowest BCUT2D eigenvalue weighted by Crippen LogP contribution is -1.89. The van der Waals surface area contributed by atoms with Crippen molar-refractivity contribution in [3.05, 3.63) is 97.1 Å². The van der Waals surface area contributed by atoms with E-state index in [-0.39, 0.29) is 11.5 Å². The molecule has 4 rings (SSSR count). The van der Waals surface area contributed by atoms with Crippen molar-refractivity contribution in [2.45, 2.75) is 0 Å². The SMILES string of the molecule is Oc1c(-c2ccccc2)cc(-c2ccccc2)c(O)c1-c1ccccc1. The van der Waals surface area contributed by atoms with Crippen LogP contribution in [-0.2, 0) is 0 Å². The standard InChI is InChI=1S/C24H18O2/c25-23-20(17-10-4-1-5-11-17)16-21(18-12-6-2-7-13-18)24(26)22(23)19-14-8-3-9-15-19/h1-16,25-26H. The van der Waals surface area contributed by atoms with E-state index in [0.717, 1.165) is 16.7 Å². The highest BCUT2D eigenvalue weighted by Gasteiger charge is 2.20. The van der Waals surface area contributed by atoms with Gasteiger partial charge in [0.15, 0.2) is 0 Å². The zero-order chi connectivity index (χ0) is 17.9. The second kappa shape index (κ2) is 6.77. The molecule has 0 spiro atoms. The van der Waals surface area contributed by atoms with Crippen molar-refractivity contribution in [2.75, 3.05) is 0 Å². The molecule has 2 nitrogen and oxygen atoms in total. The van der Waals surface area contributed by atoms with Crippen molar-refractivity contribution in [1.29, 1.82) is 0 Å². The average Bonchev–Trinajstić information content (AvgIpc) is 2.70. The van der Waals surface area contributed by atoms with Crippen LogP contribution in [0.5, 0.6) is 11.5 Å². The predicted molar refractivity (Wildman–Crippen MR) is 106 cm³/mol. The van der Waals surface area contributed by atoms with Gasteiger partial charge < -0.3 is 10.2 Å². The Morgan fingerprint density at radius 2 is 0.769 bits per heavy atom. The Bertz CT molecular complexity index is 960. The van der Waals surface area contributed by atoms with E-state index < -0.39 is 0 Å².